The number of halogens is 1. The molecule has 9 heteroatoms. The quantitative estimate of drug-likeness (QED) is 0.671. The van der Waals surface area contributed by atoms with Crippen molar-refractivity contribution in [2.45, 2.75) is 63.7 Å². The number of hydrogen-bond donors (Lipinski definition) is 1. The summed E-state index contributed by atoms with van der Waals surface area (Å²) in [6.45, 7) is -0.0488. The van der Waals surface area contributed by atoms with Crippen LogP contribution in [0.1, 0.15) is 50.8 Å². The van der Waals surface area contributed by atoms with Gasteiger partial charge in [-0.2, -0.15) is 4.98 Å². The van der Waals surface area contributed by atoms with Gasteiger partial charge in [-0.25, -0.2) is 9.18 Å². The van der Waals surface area contributed by atoms with Crippen LogP contribution >= 0.6 is 0 Å². The fourth-order valence-corrected chi connectivity index (χ4v) is 7.19. The molecule has 7 rings (SSSR count). The van der Waals surface area contributed by atoms with E-state index in [0.29, 0.717) is 23.3 Å². The number of aliphatic hydroxyl groups excluding tert-OH is 1. The average molecular weight is 470 g/mol. The van der Waals surface area contributed by atoms with Crippen LogP contribution in [-0.2, 0) is 20.9 Å². The normalized spacial score (nSPS) is 33.9. The van der Waals surface area contributed by atoms with E-state index < -0.39 is 18.1 Å². The molecule has 4 aliphatic carbocycles. The first kappa shape index (κ1) is 21.7. The third-order valence-corrected chi connectivity index (χ3v) is 8.21. The van der Waals surface area contributed by atoms with Gasteiger partial charge in [0, 0.05) is 18.5 Å². The number of β-amino-alcohol motifs (C(OH)–C–C–N with tert-alkyl or cyclic N) is 1. The number of aromatic nitrogens is 2. The maximum Gasteiger partial charge on any atom is 0.329 e. The molecule has 1 N–H and O–H groups in total. The van der Waals surface area contributed by atoms with Gasteiger partial charge in [0.05, 0.1) is 11.5 Å². The van der Waals surface area contributed by atoms with Crippen molar-refractivity contribution in [2.24, 2.45) is 23.2 Å². The van der Waals surface area contributed by atoms with Gasteiger partial charge >= 0.3 is 5.97 Å². The van der Waals surface area contributed by atoms with Crippen molar-refractivity contribution in [2.75, 3.05) is 6.54 Å². The molecule has 1 amide bonds. The van der Waals surface area contributed by atoms with Crippen LogP contribution in [0.4, 0.5) is 4.39 Å². The van der Waals surface area contributed by atoms with Gasteiger partial charge in [-0.05, 0) is 80.5 Å². The summed E-state index contributed by atoms with van der Waals surface area (Å²) in [7, 11) is 0. The van der Waals surface area contributed by atoms with E-state index in [4.69, 9.17) is 9.26 Å². The summed E-state index contributed by atoms with van der Waals surface area (Å²) < 4.78 is 23.7. The predicted molar refractivity (Wildman–Crippen MR) is 116 cm³/mol. The van der Waals surface area contributed by atoms with Crippen molar-refractivity contribution in [1.29, 1.82) is 0 Å². The Labute approximate surface area is 196 Å². The van der Waals surface area contributed by atoms with Gasteiger partial charge in [-0.1, -0.05) is 5.16 Å². The van der Waals surface area contributed by atoms with E-state index in [1.54, 1.807) is 4.90 Å². The lowest BCUT2D eigenvalue weighted by Crippen LogP contribution is -2.56. The number of carbonyl (C=O) groups is 2. The second-order valence-corrected chi connectivity index (χ2v) is 10.7. The van der Waals surface area contributed by atoms with Crippen molar-refractivity contribution in [1.82, 2.24) is 15.0 Å². The predicted octanol–water partition coefficient (Wildman–Crippen LogP) is 3.10. The number of rotatable bonds is 5. The highest BCUT2D eigenvalue weighted by atomic mass is 19.1. The minimum Gasteiger partial charge on any atom is -0.456 e. The van der Waals surface area contributed by atoms with Gasteiger partial charge in [0.2, 0.25) is 11.7 Å². The number of aliphatic hydroxyl groups is 1. The molecule has 4 saturated carbocycles. The minimum absolute atomic E-state index is 0.0169. The molecule has 1 unspecified atom stereocenters. The molecule has 0 spiro atoms. The van der Waals surface area contributed by atoms with Gasteiger partial charge in [0.15, 0.2) is 6.61 Å². The van der Waals surface area contributed by atoms with Gasteiger partial charge in [0.25, 0.3) is 5.89 Å². The molecule has 0 radical (unpaired) electrons. The summed E-state index contributed by atoms with van der Waals surface area (Å²) in [6, 6.07) is 4.82. The largest absolute Gasteiger partial charge is 0.456 e. The Morgan fingerprint density at radius 2 is 1.74 bits per heavy atom. The fourth-order valence-electron chi connectivity index (χ4n) is 7.19. The molecule has 4 bridgehead atoms. The summed E-state index contributed by atoms with van der Waals surface area (Å²) >= 11 is 0. The van der Waals surface area contributed by atoms with Crippen molar-refractivity contribution in [3.63, 3.8) is 0 Å². The summed E-state index contributed by atoms with van der Waals surface area (Å²) in [5.41, 5.74) is 0.174. The maximum atomic E-state index is 13.8. The summed E-state index contributed by atoms with van der Waals surface area (Å²) in [6.07, 6.45) is 5.82. The number of benzene rings is 1. The van der Waals surface area contributed by atoms with Crippen molar-refractivity contribution >= 4 is 11.9 Å². The number of hydrogen-bond acceptors (Lipinski definition) is 7. The van der Waals surface area contributed by atoms with Gasteiger partial charge in [-0.3, -0.25) is 4.79 Å². The average Bonchev–Trinajstić information content (AvgIpc) is 3.43. The van der Waals surface area contributed by atoms with Crippen molar-refractivity contribution in [3.05, 3.63) is 35.9 Å². The van der Waals surface area contributed by atoms with E-state index >= 15 is 0 Å². The highest BCUT2D eigenvalue weighted by molar-refractivity contribution is 5.89. The van der Waals surface area contributed by atoms with E-state index in [0.717, 1.165) is 19.3 Å². The molecule has 1 saturated heterocycles. The van der Waals surface area contributed by atoms with Gasteiger partial charge < -0.3 is 19.3 Å². The van der Waals surface area contributed by atoms with Crippen LogP contribution in [0.3, 0.4) is 0 Å². The van der Waals surface area contributed by atoms with Crippen LogP contribution in [0, 0.1) is 29.0 Å². The fraction of sp³-hybridized carbons (Fsp3) is 0.600. The van der Waals surface area contributed by atoms with Crippen LogP contribution in [0.25, 0.3) is 11.5 Å². The van der Waals surface area contributed by atoms with Crippen molar-refractivity contribution in [3.8, 4) is 11.5 Å². The second-order valence-electron chi connectivity index (χ2n) is 10.7. The molecule has 1 aromatic heterocycles. The molecule has 1 aromatic carbocycles. The Morgan fingerprint density at radius 1 is 1.09 bits per heavy atom. The molecular formula is C25H28FN3O5. The molecule has 1 aliphatic heterocycles. The smallest absolute Gasteiger partial charge is 0.329 e. The lowest BCUT2D eigenvalue weighted by Gasteiger charge is -2.56. The van der Waals surface area contributed by atoms with Crippen molar-refractivity contribution < 1.29 is 28.3 Å². The SMILES string of the molecule is O=C(OCc1noc(-c2ccc(F)cc2)n1)[C@@H]1CC(O)CN1C(=O)C12CC3CC(CC(C3)C1)C2. The van der Waals surface area contributed by atoms with Crippen LogP contribution in [0.2, 0.25) is 0 Å². The summed E-state index contributed by atoms with van der Waals surface area (Å²) in [4.78, 5) is 32.5. The molecule has 8 nitrogen and oxygen atoms in total. The van der Waals surface area contributed by atoms with Crippen LogP contribution < -0.4 is 0 Å². The Kier molecular flexibility index (Phi) is 5.20. The van der Waals surface area contributed by atoms with Gasteiger partial charge in [0.1, 0.15) is 11.9 Å². The summed E-state index contributed by atoms with van der Waals surface area (Å²) in [5.74, 6) is 1.28. The Morgan fingerprint density at radius 3 is 2.38 bits per heavy atom. The third-order valence-electron chi connectivity index (χ3n) is 8.21. The number of carbonyl (C=O) groups excluding carboxylic acids is 2. The third kappa shape index (κ3) is 3.79. The molecular weight excluding hydrogens is 441 g/mol. The van der Waals surface area contributed by atoms with E-state index in [9.17, 15) is 19.1 Å². The zero-order chi connectivity index (χ0) is 23.4. The molecule has 2 aromatic rings. The molecule has 2 heterocycles. The number of ether oxygens (including phenoxy) is 1. The highest BCUT2D eigenvalue weighted by Crippen LogP contribution is 2.60. The Hall–Kier alpha value is -2.81. The number of esters is 1. The standard InChI is InChI=1S/C25H28FN3O5/c26-18-3-1-17(2-4-18)22-27-21(28-34-22)13-33-23(31)20-8-19(30)12-29(20)24(32)25-9-14-5-15(10-25)7-16(6-14)11-25/h1-4,14-16,19-20,30H,5-13H2/t14?,15?,16?,19?,20-,25?/m0/s1. The highest BCUT2D eigenvalue weighted by Gasteiger charge is 2.57. The molecule has 180 valence electrons. The zero-order valence-electron chi connectivity index (χ0n) is 18.9. The van der Waals surface area contributed by atoms with E-state index in [1.807, 2.05) is 0 Å². The molecule has 34 heavy (non-hydrogen) atoms. The molecule has 2 atom stereocenters. The first-order chi connectivity index (χ1) is 16.4. The zero-order valence-corrected chi connectivity index (χ0v) is 18.9. The lowest BCUT2D eigenvalue weighted by atomic mass is 9.49. The number of likely N-dealkylation sites (tertiary alicyclic amines) is 1. The topological polar surface area (TPSA) is 106 Å². The first-order valence-electron chi connectivity index (χ1n) is 12.1. The van der Waals surface area contributed by atoms with E-state index in [2.05, 4.69) is 10.1 Å². The second kappa shape index (κ2) is 8.15. The Balaban J connectivity index is 1.13. The maximum absolute atomic E-state index is 13.8. The van der Waals surface area contributed by atoms with Gasteiger partial charge in [-0.15, -0.1) is 0 Å². The lowest BCUT2D eigenvalue weighted by molar-refractivity contribution is -0.166. The van der Waals surface area contributed by atoms with Crippen LogP contribution in [0.15, 0.2) is 28.8 Å². The number of nitrogens with zero attached hydrogens (tertiary/aromatic N) is 3. The summed E-state index contributed by atoms with van der Waals surface area (Å²) in [5, 5.41) is 14.1. The van der Waals surface area contributed by atoms with E-state index in [1.165, 1.54) is 43.5 Å². The van der Waals surface area contributed by atoms with Crippen LogP contribution in [0.5, 0.6) is 0 Å². The minimum atomic E-state index is -0.807. The van der Waals surface area contributed by atoms with E-state index in [-0.39, 0.29) is 48.4 Å². The molecule has 5 aliphatic rings. The first-order valence-corrected chi connectivity index (χ1v) is 12.1. The van der Waals surface area contributed by atoms with Crippen LogP contribution in [-0.4, -0.2) is 50.7 Å². The number of amides is 1. The monoisotopic (exact) mass is 469 g/mol. The molecule has 5 fully saturated rings. The Bertz CT molecular complexity index is 1060.